The van der Waals surface area contributed by atoms with Gasteiger partial charge in [-0.2, -0.15) is 0 Å². The van der Waals surface area contributed by atoms with Gasteiger partial charge < -0.3 is 14.4 Å². The van der Waals surface area contributed by atoms with Crippen LogP contribution in [0.25, 0.3) is 0 Å². The second-order valence-corrected chi connectivity index (χ2v) is 4.10. The lowest BCUT2D eigenvalue weighted by Gasteiger charge is -2.01. The summed E-state index contributed by atoms with van der Waals surface area (Å²) in [6, 6.07) is 1.64. The fourth-order valence-corrected chi connectivity index (χ4v) is 1.79. The topological polar surface area (TPSA) is 83.9 Å². The highest BCUT2D eigenvalue weighted by Crippen LogP contribution is 2.06. The van der Waals surface area contributed by atoms with Gasteiger partial charge in [0.2, 0.25) is 5.91 Å². The van der Waals surface area contributed by atoms with E-state index in [0.29, 0.717) is 16.4 Å². The van der Waals surface area contributed by atoms with Gasteiger partial charge in [0.05, 0.1) is 0 Å². The van der Waals surface area contributed by atoms with Crippen molar-refractivity contribution in [1.29, 1.82) is 5.41 Å². The normalized spacial score (nSPS) is 9.71. The van der Waals surface area contributed by atoms with Crippen LogP contribution in [-0.4, -0.2) is 15.6 Å². The van der Waals surface area contributed by atoms with Gasteiger partial charge in [0.15, 0.2) is 10.6 Å². The molecule has 2 aromatic rings. The molecule has 8 heteroatoms. The molecule has 2 N–H and O–H groups in total. The maximum Gasteiger partial charge on any atom is 0.245 e. The van der Waals surface area contributed by atoms with E-state index in [2.05, 4.69) is 10.5 Å². The van der Waals surface area contributed by atoms with Crippen molar-refractivity contribution < 1.29 is 9.32 Å². The Labute approximate surface area is 107 Å². The monoisotopic (exact) mass is 274 g/mol. The Bertz CT molecular complexity index is 559. The van der Waals surface area contributed by atoms with Crippen LogP contribution in [0, 0.1) is 12.3 Å². The van der Waals surface area contributed by atoms with E-state index in [0.717, 1.165) is 0 Å². The molecule has 0 atom stereocenters. The van der Waals surface area contributed by atoms with E-state index >= 15 is 0 Å². The first kappa shape index (κ1) is 13.5. The summed E-state index contributed by atoms with van der Waals surface area (Å²) in [6.07, 6.45) is 1.70. The summed E-state index contributed by atoms with van der Waals surface area (Å²) in [4.78, 5) is 11.9. The van der Waals surface area contributed by atoms with Gasteiger partial charge in [-0.05, 0) is 6.92 Å². The van der Waals surface area contributed by atoms with Crippen molar-refractivity contribution in [2.45, 2.75) is 13.5 Å². The van der Waals surface area contributed by atoms with Gasteiger partial charge in [0.1, 0.15) is 12.3 Å². The van der Waals surface area contributed by atoms with Crippen LogP contribution in [0.15, 0.2) is 22.2 Å². The number of aromatic nitrogens is 2. The molecule has 92 valence electrons. The number of amides is 1. The molecule has 0 aliphatic carbocycles. The largest absolute Gasteiger partial charge is 0.360 e. The average Bonchev–Trinajstić information content (AvgIpc) is 2.77. The molecule has 1 amide bonds. The highest BCUT2D eigenvalue weighted by atomic mass is 35.5. The van der Waals surface area contributed by atoms with E-state index in [4.69, 9.17) is 9.93 Å². The SMILES string of the molecule is Cc1cc(NC(=O)Cn2ccsc2=N)no1.Cl. The van der Waals surface area contributed by atoms with E-state index in [1.807, 2.05) is 0 Å². The van der Waals surface area contributed by atoms with Gasteiger partial charge in [-0.25, -0.2) is 0 Å². The molecule has 0 aromatic carbocycles. The molecule has 0 spiro atoms. The molecular formula is C9H11ClN4O2S. The minimum absolute atomic E-state index is 0. The Morgan fingerprint density at radius 1 is 1.71 bits per heavy atom. The third-order valence-electron chi connectivity index (χ3n) is 1.89. The van der Waals surface area contributed by atoms with Crippen LogP contribution in [0.4, 0.5) is 5.82 Å². The molecule has 0 saturated heterocycles. The Hall–Kier alpha value is -1.60. The molecule has 0 saturated carbocycles. The second-order valence-electron chi connectivity index (χ2n) is 3.21. The fraction of sp³-hybridized carbons (Fsp3) is 0.222. The molecule has 2 aromatic heterocycles. The zero-order valence-electron chi connectivity index (χ0n) is 8.97. The zero-order valence-corrected chi connectivity index (χ0v) is 10.6. The van der Waals surface area contributed by atoms with Crippen molar-refractivity contribution in [3.05, 3.63) is 28.2 Å². The highest BCUT2D eigenvalue weighted by Gasteiger charge is 2.07. The van der Waals surface area contributed by atoms with Gasteiger partial charge in [0, 0.05) is 17.6 Å². The molecule has 0 aliphatic rings. The summed E-state index contributed by atoms with van der Waals surface area (Å²) < 4.78 is 6.37. The average molecular weight is 275 g/mol. The van der Waals surface area contributed by atoms with Crippen LogP contribution in [0.5, 0.6) is 0 Å². The number of carbonyl (C=O) groups is 1. The zero-order chi connectivity index (χ0) is 11.5. The summed E-state index contributed by atoms with van der Waals surface area (Å²) in [5.41, 5.74) is 0. The van der Waals surface area contributed by atoms with Gasteiger partial charge in [0.25, 0.3) is 0 Å². The molecule has 0 bridgehead atoms. The summed E-state index contributed by atoms with van der Waals surface area (Å²) in [7, 11) is 0. The second kappa shape index (κ2) is 5.65. The lowest BCUT2D eigenvalue weighted by atomic mass is 10.4. The van der Waals surface area contributed by atoms with Crippen molar-refractivity contribution in [2.24, 2.45) is 0 Å². The number of thiazole rings is 1. The predicted molar refractivity (Wildman–Crippen MR) is 65.3 cm³/mol. The molecule has 0 unspecified atom stereocenters. The number of carbonyl (C=O) groups excluding carboxylic acids is 1. The quantitative estimate of drug-likeness (QED) is 0.887. The molecule has 0 radical (unpaired) electrons. The number of aryl methyl sites for hydroxylation is 1. The summed E-state index contributed by atoms with van der Waals surface area (Å²) in [5, 5.41) is 15.5. The maximum atomic E-state index is 11.5. The van der Waals surface area contributed by atoms with Crippen LogP contribution in [0.3, 0.4) is 0 Å². The molecule has 0 fully saturated rings. The van der Waals surface area contributed by atoms with Crippen LogP contribution >= 0.6 is 23.7 Å². The first-order valence-corrected chi connectivity index (χ1v) is 5.45. The summed E-state index contributed by atoms with van der Waals surface area (Å²) in [6.45, 7) is 1.85. The number of anilines is 1. The van der Waals surface area contributed by atoms with Crippen molar-refractivity contribution in [3.63, 3.8) is 0 Å². The van der Waals surface area contributed by atoms with Crippen LogP contribution < -0.4 is 10.1 Å². The number of hydrogen-bond acceptors (Lipinski definition) is 5. The van der Waals surface area contributed by atoms with Crippen LogP contribution in [0.1, 0.15) is 5.76 Å². The standard InChI is InChI=1S/C9H10N4O2S.ClH/c1-6-4-7(12-15-6)11-8(14)5-13-2-3-16-9(13)10;/h2-4,10H,5H2,1H3,(H,11,12,14);1H. The van der Waals surface area contributed by atoms with Gasteiger partial charge in [-0.3, -0.25) is 10.2 Å². The van der Waals surface area contributed by atoms with Gasteiger partial charge in [-0.15, -0.1) is 23.7 Å². The van der Waals surface area contributed by atoms with Crippen LogP contribution in [-0.2, 0) is 11.3 Å². The molecule has 17 heavy (non-hydrogen) atoms. The maximum absolute atomic E-state index is 11.5. The number of halogens is 1. The predicted octanol–water partition coefficient (Wildman–Crippen LogP) is 1.39. The van der Waals surface area contributed by atoms with Crippen molar-refractivity contribution in [3.8, 4) is 0 Å². The Kier molecular flexibility index (Phi) is 4.47. The first-order valence-electron chi connectivity index (χ1n) is 4.57. The molecule has 0 aliphatic heterocycles. The van der Waals surface area contributed by atoms with Gasteiger partial charge in [-0.1, -0.05) is 5.16 Å². The molecule has 2 heterocycles. The van der Waals surface area contributed by atoms with Crippen molar-refractivity contribution >= 4 is 35.5 Å². The van der Waals surface area contributed by atoms with Crippen LogP contribution in [0.2, 0.25) is 0 Å². The fourth-order valence-electron chi connectivity index (χ4n) is 1.19. The molecule has 6 nitrogen and oxygen atoms in total. The van der Waals surface area contributed by atoms with Crippen molar-refractivity contribution in [1.82, 2.24) is 9.72 Å². The number of nitrogens with one attached hydrogen (secondary N) is 2. The number of nitrogens with zero attached hydrogens (tertiary/aromatic N) is 2. The molecule has 2 rings (SSSR count). The minimum atomic E-state index is -0.231. The highest BCUT2D eigenvalue weighted by molar-refractivity contribution is 7.06. The number of rotatable bonds is 3. The lowest BCUT2D eigenvalue weighted by Crippen LogP contribution is -2.23. The number of hydrogen-bond donors (Lipinski definition) is 2. The smallest absolute Gasteiger partial charge is 0.245 e. The van der Waals surface area contributed by atoms with Gasteiger partial charge >= 0.3 is 0 Å². The summed E-state index contributed by atoms with van der Waals surface area (Å²) in [5.74, 6) is 0.801. The molecular weight excluding hydrogens is 264 g/mol. The Balaban J connectivity index is 0.00000144. The van der Waals surface area contributed by atoms with E-state index in [-0.39, 0.29) is 24.9 Å². The summed E-state index contributed by atoms with van der Waals surface area (Å²) >= 11 is 1.27. The van der Waals surface area contributed by atoms with E-state index < -0.39 is 0 Å². The third-order valence-corrected chi connectivity index (χ3v) is 2.61. The van der Waals surface area contributed by atoms with E-state index in [1.54, 1.807) is 29.1 Å². The van der Waals surface area contributed by atoms with E-state index in [9.17, 15) is 4.79 Å². The Morgan fingerprint density at radius 2 is 2.47 bits per heavy atom. The minimum Gasteiger partial charge on any atom is -0.360 e. The van der Waals surface area contributed by atoms with Crippen molar-refractivity contribution in [2.75, 3.05) is 5.32 Å². The lowest BCUT2D eigenvalue weighted by molar-refractivity contribution is -0.116. The van der Waals surface area contributed by atoms with E-state index in [1.165, 1.54) is 11.3 Å². The first-order chi connectivity index (χ1) is 7.65. The third kappa shape index (κ3) is 3.43. The Morgan fingerprint density at radius 3 is 3.00 bits per heavy atom.